The van der Waals surface area contributed by atoms with E-state index in [9.17, 15) is 14.7 Å². The molecule has 9 nitrogen and oxygen atoms in total. The van der Waals surface area contributed by atoms with Crippen LogP contribution in [0.1, 0.15) is 31.4 Å². The van der Waals surface area contributed by atoms with Gasteiger partial charge in [0.05, 0.1) is 16.8 Å². The molecule has 3 heterocycles. The second-order valence-corrected chi connectivity index (χ2v) is 8.10. The van der Waals surface area contributed by atoms with E-state index < -0.39 is 17.6 Å². The summed E-state index contributed by atoms with van der Waals surface area (Å²) in [5, 5.41) is 19.8. The lowest BCUT2D eigenvalue weighted by Gasteiger charge is -2.41. The molecule has 0 saturated carbocycles. The molecular formula is C21H29N5O4. The number of nitrogens with two attached hydrogens (primary N) is 1. The first-order chi connectivity index (χ1) is 14.2. The summed E-state index contributed by atoms with van der Waals surface area (Å²) in [6, 6.07) is 4.78. The lowest BCUT2D eigenvalue weighted by molar-refractivity contribution is -0.139. The third kappa shape index (κ3) is 5.03. The Morgan fingerprint density at radius 2 is 2.00 bits per heavy atom. The second kappa shape index (κ2) is 8.93. The van der Waals surface area contributed by atoms with Crippen LogP contribution in [0.5, 0.6) is 0 Å². The third-order valence-corrected chi connectivity index (χ3v) is 5.68. The van der Waals surface area contributed by atoms with E-state index in [0.29, 0.717) is 25.9 Å². The average molecular weight is 415 g/mol. The smallest absolute Gasteiger partial charge is 0.320 e. The highest BCUT2D eigenvalue weighted by molar-refractivity contribution is 5.88. The lowest BCUT2D eigenvalue weighted by atomic mass is 9.90. The van der Waals surface area contributed by atoms with E-state index in [1.165, 1.54) is 4.90 Å². The van der Waals surface area contributed by atoms with E-state index in [2.05, 4.69) is 14.9 Å². The minimum absolute atomic E-state index is 0.0419. The molecule has 1 aliphatic rings. The first kappa shape index (κ1) is 21.9. The summed E-state index contributed by atoms with van der Waals surface area (Å²) in [4.78, 5) is 35.8. The molecule has 2 aromatic rings. The van der Waals surface area contributed by atoms with E-state index in [1.807, 2.05) is 25.1 Å². The number of carbonyl (C=O) groups is 2. The summed E-state index contributed by atoms with van der Waals surface area (Å²) in [7, 11) is 1.63. The van der Waals surface area contributed by atoms with Crippen LogP contribution in [0, 0.1) is 6.92 Å². The summed E-state index contributed by atoms with van der Waals surface area (Å²) < 4.78 is 0. The largest absolute Gasteiger partial charge is 0.480 e. The van der Waals surface area contributed by atoms with E-state index in [1.54, 1.807) is 13.2 Å². The number of nitrogens with zero attached hydrogens (tertiary/aromatic N) is 4. The number of aromatic nitrogens is 2. The van der Waals surface area contributed by atoms with Crippen molar-refractivity contribution in [2.24, 2.45) is 5.73 Å². The summed E-state index contributed by atoms with van der Waals surface area (Å²) in [6.45, 7) is 3.42. The Bertz CT molecular complexity index is 927. The van der Waals surface area contributed by atoms with Crippen LogP contribution < -0.4 is 10.6 Å². The maximum absolute atomic E-state index is 12.3. The number of hydrogen-bond acceptors (Lipinski definition) is 7. The van der Waals surface area contributed by atoms with Gasteiger partial charge in [0, 0.05) is 45.0 Å². The molecule has 0 radical (unpaired) electrons. The minimum atomic E-state index is -1.12. The summed E-state index contributed by atoms with van der Waals surface area (Å²) in [5.74, 6) is -1.34. The van der Waals surface area contributed by atoms with Gasteiger partial charge in [-0.3, -0.25) is 14.6 Å². The van der Waals surface area contributed by atoms with Crippen LogP contribution in [0.25, 0.3) is 11.0 Å². The van der Waals surface area contributed by atoms with E-state index in [4.69, 9.17) is 10.8 Å². The molecule has 162 valence electrons. The van der Waals surface area contributed by atoms with Gasteiger partial charge in [-0.2, -0.15) is 0 Å². The fourth-order valence-electron chi connectivity index (χ4n) is 3.81. The number of aliphatic hydroxyl groups is 1. The zero-order valence-corrected chi connectivity index (χ0v) is 17.4. The normalized spacial score (nSPS) is 17.0. The van der Waals surface area contributed by atoms with E-state index >= 15 is 0 Å². The first-order valence-corrected chi connectivity index (χ1v) is 10.1. The Hall–Kier alpha value is -2.78. The molecular weight excluding hydrogens is 386 g/mol. The van der Waals surface area contributed by atoms with Crippen LogP contribution >= 0.6 is 0 Å². The monoisotopic (exact) mass is 415 g/mol. The van der Waals surface area contributed by atoms with Gasteiger partial charge < -0.3 is 25.7 Å². The minimum Gasteiger partial charge on any atom is -0.480 e. The van der Waals surface area contributed by atoms with Crippen molar-refractivity contribution in [2.45, 2.75) is 44.2 Å². The SMILES string of the molecule is Cc1ccc2nccc(N3CCC(O)(CN(C)C(=O)CC[C@H](N)C(=O)O)CC3)c2n1. The highest BCUT2D eigenvalue weighted by Gasteiger charge is 2.35. The Morgan fingerprint density at radius 3 is 2.67 bits per heavy atom. The van der Waals surface area contributed by atoms with Crippen molar-refractivity contribution < 1.29 is 19.8 Å². The van der Waals surface area contributed by atoms with Crippen LogP contribution in [0.4, 0.5) is 5.69 Å². The summed E-state index contributed by atoms with van der Waals surface area (Å²) in [5.41, 5.74) is 8.09. The molecule has 0 bridgehead atoms. The highest BCUT2D eigenvalue weighted by atomic mass is 16.4. The van der Waals surface area contributed by atoms with E-state index in [0.717, 1.165) is 22.4 Å². The number of amides is 1. The van der Waals surface area contributed by atoms with Gasteiger partial charge in [0.2, 0.25) is 5.91 Å². The Balaban J connectivity index is 1.60. The van der Waals surface area contributed by atoms with Crippen molar-refractivity contribution in [1.82, 2.24) is 14.9 Å². The molecule has 3 rings (SSSR count). The maximum Gasteiger partial charge on any atom is 0.320 e. The number of carbonyl (C=O) groups excluding carboxylic acids is 1. The molecule has 2 aromatic heterocycles. The van der Waals surface area contributed by atoms with Gasteiger partial charge in [0.1, 0.15) is 11.6 Å². The van der Waals surface area contributed by atoms with Gasteiger partial charge in [0.25, 0.3) is 0 Å². The maximum atomic E-state index is 12.3. The van der Waals surface area contributed by atoms with Crippen molar-refractivity contribution in [3.63, 3.8) is 0 Å². The second-order valence-electron chi connectivity index (χ2n) is 8.10. The average Bonchev–Trinajstić information content (AvgIpc) is 2.71. The fraction of sp³-hybridized carbons (Fsp3) is 0.524. The number of carboxylic acid groups (broad SMARTS) is 1. The number of carboxylic acids is 1. The lowest BCUT2D eigenvalue weighted by Crippen LogP contribution is -2.51. The number of rotatable bonds is 7. The molecule has 30 heavy (non-hydrogen) atoms. The van der Waals surface area contributed by atoms with Crippen molar-refractivity contribution in [2.75, 3.05) is 31.6 Å². The molecule has 0 unspecified atom stereocenters. The van der Waals surface area contributed by atoms with Crippen LogP contribution in [0.2, 0.25) is 0 Å². The number of likely N-dealkylation sites (N-methyl/N-ethyl adjacent to an activating group) is 1. The molecule has 4 N–H and O–H groups in total. The zero-order chi connectivity index (χ0) is 21.9. The van der Waals surface area contributed by atoms with Crippen molar-refractivity contribution in [3.05, 3.63) is 30.1 Å². The van der Waals surface area contributed by atoms with Gasteiger partial charge in [-0.05, 0) is 44.4 Å². The molecule has 1 aliphatic heterocycles. The Labute approximate surface area is 175 Å². The van der Waals surface area contributed by atoms with Crippen LogP contribution in [0.3, 0.4) is 0 Å². The molecule has 1 fully saturated rings. The summed E-state index contributed by atoms with van der Waals surface area (Å²) in [6.07, 6.45) is 2.90. The van der Waals surface area contributed by atoms with Crippen LogP contribution in [-0.2, 0) is 9.59 Å². The number of aryl methyl sites for hydroxylation is 1. The molecule has 1 amide bonds. The highest BCUT2D eigenvalue weighted by Crippen LogP contribution is 2.30. The van der Waals surface area contributed by atoms with Crippen molar-refractivity contribution >= 4 is 28.6 Å². The zero-order valence-electron chi connectivity index (χ0n) is 17.4. The fourth-order valence-corrected chi connectivity index (χ4v) is 3.81. The molecule has 0 aromatic carbocycles. The van der Waals surface area contributed by atoms with Gasteiger partial charge in [-0.15, -0.1) is 0 Å². The molecule has 1 atom stereocenters. The quantitative estimate of drug-likeness (QED) is 0.608. The van der Waals surface area contributed by atoms with Crippen molar-refractivity contribution in [3.8, 4) is 0 Å². The number of aliphatic carboxylic acids is 1. The number of piperidine rings is 1. The first-order valence-electron chi connectivity index (χ1n) is 10.1. The Morgan fingerprint density at radius 1 is 1.30 bits per heavy atom. The number of anilines is 1. The molecule has 9 heteroatoms. The molecule has 0 aliphatic carbocycles. The standard InChI is InChI=1S/C21H29N5O4/c1-14-3-5-16-19(24-14)17(7-10-23-16)26-11-8-21(30,9-12-26)13-25(2)18(27)6-4-15(22)20(28)29/h3,5,7,10,15,30H,4,6,8-9,11-13,22H2,1-2H3,(H,28,29)/t15-/m0/s1. The van der Waals surface area contributed by atoms with Crippen molar-refractivity contribution in [1.29, 1.82) is 0 Å². The number of pyridine rings is 2. The van der Waals surface area contributed by atoms with Crippen LogP contribution in [-0.4, -0.2) is 75.3 Å². The predicted octanol–water partition coefficient (Wildman–Crippen LogP) is 0.920. The predicted molar refractivity (Wildman–Crippen MR) is 113 cm³/mol. The van der Waals surface area contributed by atoms with Gasteiger partial charge in [0.15, 0.2) is 0 Å². The Kier molecular flexibility index (Phi) is 6.52. The summed E-state index contributed by atoms with van der Waals surface area (Å²) >= 11 is 0. The van der Waals surface area contributed by atoms with Gasteiger partial charge in [-0.1, -0.05) is 0 Å². The topological polar surface area (TPSA) is 133 Å². The van der Waals surface area contributed by atoms with E-state index in [-0.39, 0.29) is 25.3 Å². The van der Waals surface area contributed by atoms with Gasteiger partial charge in [-0.25, -0.2) is 4.98 Å². The van der Waals surface area contributed by atoms with Crippen LogP contribution in [0.15, 0.2) is 24.4 Å². The van der Waals surface area contributed by atoms with Gasteiger partial charge >= 0.3 is 5.97 Å². The molecule has 1 saturated heterocycles. The molecule has 0 spiro atoms. The number of hydrogen-bond donors (Lipinski definition) is 3. The third-order valence-electron chi connectivity index (χ3n) is 5.68. The number of fused-ring (bicyclic) bond motifs is 1.